The van der Waals surface area contributed by atoms with Crippen molar-refractivity contribution in [2.45, 2.75) is 6.42 Å². The third-order valence-corrected chi connectivity index (χ3v) is 2.97. The molecule has 2 rings (SSSR count). The van der Waals surface area contributed by atoms with Gasteiger partial charge in [-0.3, -0.25) is 10.1 Å². The maximum Gasteiger partial charge on any atom is 0.312 e. The molecule has 1 saturated heterocycles. The van der Waals surface area contributed by atoms with Gasteiger partial charge in [-0.1, -0.05) is 5.16 Å². The van der Waals surface area contributed by atoms with E-state index in [0.717, 1.165) is 6.42 Å². The van der Waals surface area contributed by atoms with Gasteiger partial charge < -0.3 is 20.6 Å². The normalized spacial score (nSPS) is 16.8. The molecule has 1 aliphatic rings. The SMILES string of the molecule is NC(=NO)c1cnc(N2CCCOCC2)c([N+](=O)[O-])c1. The van der Waals surface area contributed by atoms with Gasteiger partial charge >= 0.3 is 5.69 Å². The van der Waals surface area contributed by atoms with E-state index >= 15 is 0 Å². The lowest BCUT2D eigenvalue weighted by Crippen LogP contribution is -2.28. The summed E-state index contributed by atoms with van der Waals surface area (Å²) in [6, 6.07) is 1.25. The van der Waals surface area contributed by atoms with Crippen LogP contribution in [0.2, 0.25) is 0 Å². The number of hydrogen-bond acceptors (Lipinski definition) is 7. The van der Waals surface area contributed by atoms with E-state index in [1.54, 1.807) is 4.90 Å². The fourth-order valence-electron chi connectivity index (χ4n) is 1.98. The molecule has 1 aromatic heterocycles. The first-order chi connectivity index (χ1) is 9.63. The molecule has 0 radical (unpaired) electrons. The number of pyridine rings is 1. The highest BCUT2D eigenvalue weighted by Gasteiger charge is 2.23. The van der Waals surface area contributed by atoms with Crippen LogP contribution in [0, 0.1) is 10.1 Å². The number of oxime groups is 1. The van der Waals surface area contributed by atoms with Crippen molar-refractivity contribution in [2.24, 2.45) is 10.9 Å². The Morgan fingerprint density at radius 1 is 1.55 bits per heavy atom. The predicted octanol–water partition coefficient (Wildman–Crippen LogP) is 0.311. The van der Waals surface area contributed by atoms with Gasteiger partial charge in [0.15, 0.2) is 5.84 Å². The molecule has 3 N–H and O–H groups in total. The molecule has 0 atom stereocenters. The van der Waals surface area contributed by atoms with Crippen LogP contribution in [0.25, 0.3) is 0 Å². The van der Waals surface area contributed by atoms with Crippen LogP contribution in [-0.2, 0) is 4.74 Å². The number of hydrogen-bond donors (Lipinski definition) is 2. The van der Waals surface area contributed by atoms with Crippen molar-refractivity contribution in [1.82, 2.24) is 4.98 Å². The van der Waals surface area contributed by atoms with Crippen molar-refractivity contribution in [3.8, 4) is 0 Å². The van der Waals surface area contributed by atoms with Gasteiger partial charge in [0, 0.05) is 37.5 Å². The van der Waals surface area contributed by atoms with Crippen molar-refractivity contribution in [1.29, 1.82) is 0 Å². The Morgan fingerprint density at radius 3 is 3.05 bits per heavy atom. The van der Waals surface area contributed by atoms with E-state index in [1.165, 1.54) is 12.3 Å². The number of amidine groups is 1. The zero-order chi connectivity index (χ0) is 14.5. The number of aromatic nitrogens is 1. The van der Waals surface area contributed by atoms with Crippen molar-refractivity contribution in [2.75, 3.05) is 31.2 Å². The highest BCUT2D eigenvalue weighted by molar-refractivity contribution is 5.97. The summed E-state index contributed by atoms with van der Waals surface area (Å²) in [5.41, 5.74) is 5.45. The highest BCUT2D eigenvalue weighted by Crippen LogP contribution is 2.27. The van der Waals surface area contributed by atoms with Gasteiger partial charge in [-0.05, 0) is 6.42 Å². The third-order valence-electron chi connectivity index (χ3n) is 2.97. The van der Waals surface area contributed by atoms with Crippen LogP contribution >= 0.6 is 0 Å². The van der Waals surface area contributed by atoms with E-state index in [0.29, 0.717) is 26.3 Å². The minimum Gasteiger partial charge on any atom is -0.409 e. The summed E-state index contributed by atoms with van der Waals surface area (Å²) in [6.07, 6.45) is 2.13. The van der Waals surface area contributed by atoms with Crippen LogP contribution in [0.15, 0.2) is 17.4 Å². The Bertz CT molecular complexity index is 526. The van der Waals surface area contributed by atoms with Gasteiger partial charge in [0.1, 0.15) is 0 Å². The Morgan fingerprint density at radius 2 is 2.35 bits per heavy atom. The molecule has 0 aromatic carbocycles. The van der Waals surface area contributed by atoms with Gasteiger partial charge in [0.25, 0.3) is 0 Å². The average Bonchev–Trinajstić information content (AvgIpc) is 2.74. The van der Waals surface area contributed by atoms with Crippen LogP contribution in [-0.4, -0.2) is 47.3 Å². The van der Waals surface area contributed by atoms with E-state index < -0.39 is 4.92 Å². The van der Waals surface area contributed by atoms with E-state index in [9.17, 15) is 10.1 Å². The van der Waals surface area contributed by atoms with Gasteiger partial charge in [0.2, 0.25) is 5.82 Å². The van der Waals surface area contributed by atoms with Crippen LogP contribution in [0.5, 0.6) is 0 Å². The molecule has 1 aromatic rings. The Labute approximate surface area is 114 Å². The molecule has 2 heterocycles. The molecule has 1 fully saturated rings. The molecule has 1 aliphatic heterocycles. The minimum atomic E-state index is -0.526. The predicted molar refractivity (Wildman–Crippen MR) is 71.1 cm³/mol. The van der Waals surface area contributed by atoms with Gasteiger partial charge in [-0.25, -0.2) is 4.98 Å². The monoisotopic (exact) mass is 281 g/mol. The number of nitrogens with zero attached hydrogens (tertiary/aromatic N) is 4. The summed E-state index contributed by atoms with van der Waals surface area (Å²) in [4.78, 5) is 16.6. The highest BCUT2D eigenvalue weighted by atomic mass is 16.6. The fraction of sp³-hybridized carbons (Fsp3) is 0.455. The zero-order valence-corrected chi connectivity index (χ0v) is 10.7. The van der Waals surface area contributed by atoms with Gasteiger partial charge in [0.05, 0.1) is 11.5 Å². The van der Waals surface area contributed by atoms with Crippen molar-refractivity contribution in [3.05, 3.63) is 27.9 Å². The quantitative estimate of drug-likeness (QED) is 0.268. The maximum atomic E-state index is 11.2. The zero-order valence-electron chi connectivity index (χ0n) is 10.7. The lowest BCUT2D eigenvalue weighted by molar-refractivity contribution is -0.384. The minimum absolute atomic E-state index is 0.170. The Hall–Kier alpha value is -2.42. The van der Waals surface area contributed by atoms with Crippen LogP contribution < -0.4 is 10.6 Å². The van der Waals surface area contributed by atoms with Gasteiger partial charge in [-0.2, -0.15) is 0 Å². The molecule has 0 saturated carbocycles. The van der Waals surface area contributed by atoms with E-state index in [4.69, 9.17) is 15.7 Å². The first-order valence-corrected chi connectivity index (χ1v) is 6.08. The van der Waals surface area contributed by atoms with Crippen LogP contribution in [0.1, 0.15) is 12.0 Å². The fourth-order valence-corrected chi connectivity index (χ4v) is 1.98. The first-order valence-electron chi connectivity index (χ1n) is 6.08. The molecule has 20 heavy (non-hydrogen) atoms. The number of anilines is 1. The van der Waals surface area contributed by atoms with E-state index in [1.807, 2.05) is 0 Å². The summed E-state index contributed by atoms with van der Waals surface area (Å²) in [5.74, 6) is 0.0568. The molecule has 9 nitrogen and oxygen atoms in total. The standard InChI is InChI=1S/C11H15N5O4/c12-10(14-17)8-6-9(16(18)19)11(13-7-8)15-2-1-4-20-5-3-15/h6-7,17H,1-5H2,(H2,12,14). The first kappa shape index (κ1) is 14.0. The molecule has 9 heteroatoms. The Balaban J connectivity index is 2.39. The number of nitrogens with two attached hydrogens (primary N) is 1. The summed E-state index contributed by atoms with van der Waals surface area (Å²) in [7, 11) is 0. The number of ether oxygens (including phenoxy) is 1. The summed E-state index contributed by atoms with van der Waals surface area (Å²) in [6.45, 7) is 2.31. The lowest BCUT2D eigenvalue weighted by atomic mass is 10.2. The summed E-state index contributed by atoms with van der Waals surface area (Å²) in [5, 5.41) is 22.6. The second-order valence-corrected chi connectivity index (χ2v) is 4.26. The topological polar surface area (TPSA) is 127 Å². The van der Waals surface area contributed by atoms with Crippen LogP contribution in [0.3, 0.4) is 0 Å². The van der Waals surface area contributed by atoms with Gasteiger partial charge in [-0.15, -0.1) is 0 Å². The number of rotatable bonds is 3. The van der Waals surface area contributed by atoms with Crippen molar-refractivity contribution < 1.29 is 14.9 Å². The molecular weight excluding hydrogens is 266 g/mol. The average molecular weight is 281 g/mol. The molecule has 0 amide bonds. The third kappa shape index (κ3) is 2.94. The molecule has 0 bridgehead atoms. The van der Waals surface area contributed by atoms with E-state index in [2.05, 4.69) is 10.1 Å². The smallest absolute Gasteiger partial charge is 0.312 e. The molecule has 0 spiro atoms. The number of nitro groups is 1. The van der Waals surface area contributed by atoms with Crippen molar-refractivity contribution >= 4 is 17.3 Å². The molecule has 0 aliphatic carbocycles. The van der Waals surface area contributed by atoms with Crippen molar-refractivity contribution in [3.63, 3.8) is 0 Å². The lowest BCUT2D eigenvalue weighted by Gasteiger charge is -2.20. The summed E-state index contributed by atoms with van der Waals surface area (Å²) < 4.78 is 5.31. The second kappa shape index (κ2) is 6.15. The maximum absolute atomic E-state index is 11.2. The Kier molecular flexibility index (Phi) is 4.31. The second-order valence-electron chi connectivity index (χ2n) is 4.26. The molecular formula is C11H15N5O4. The molecule has 0 unspecified atom stereocenters. The summed E-state index contributed by atoms with van der Waals surface area (Å²) >= 11 is 0. The molecule has 108 valence electrons. The van der Waals surface area contributed by atoms with Crippen LogP contribution in [0.4, 0.5) is 11.5 Å². The van der Waals surface area contributed by atoms with E-state index in [-0.39, 0.29) is 22.9 Å². The largest absolute Gasteiger partial charge is 0.409 e.